The van der Waals surface area contributed by atoms with Crippen LogP contribution in [0.4, 0.5) is 10.6 Å². The van der Waals surface area contributed by atoms with Gasteiger partial charge in [0.1, 0.15) is 10.7 Å². The smallest absolute Gasteiger partial charge is 0.329 e. The summed E-state index contributed by atoms with van der Waals surface area (Å²) in [6.45, 7) is 5.20. The molecule has 1 aromatic rings. The molecule has 0 unspecified atom stereocenters. The van der Waals surface area contributed by atoms with Crippen molar-refractivity contribution in [3.8, 4) is 0 Å². The van der Waals surface area contributed by atoms with Crippen molar-refractivity contribution >= 4 is 21.9 Å². The van der Waals surface area contributed by atoms with Gasteiger partial charge in [0.05, 0.1) is 0 Å². The highest BCUT2D eigenvalue weighted by Gasteiger charge is 2.23. The van der Waals surface area contributed by atoms with Crippen molar-refractivity contribution < 1.29 is 13.2 Å². The number of carbonyl (C=O) groups excluding carboxylic acids is 1. The van der Waals surface area contributed by atoms with Crippen LogP contribution in [0.1, 0.15) is 20.8 Å². The molecular weight excluding hydrogens is 256 g/mol. The maximum absolute atomic E-state index is 11.9. The number of rotatable bonds is 2. The third kappa shape index (κ3) is 3.88. The van der Waals surface area contributed by atoms with E-state index in [1.807, 2.05) is 4.72 Å². The lowest BCUT2D eigenvalue weighted by atomic mass is 10.1. The van der Waals surface area contributed by atoms with Gasteiger partial charge in [0, 0.05) is 11.7 Å². The number of nitrogen functional groups attached to an aromatic ring is 1. The van der Waals surface area contributed by atoms with Crippen LogP contribution in [0.3, 0.4) is 0 Å². The number of anilines is 1. The maximum atomic E-state index is 11.9. The van der Waals surface area contributed by atoms with Gasteiger partial charge < -0.3 is 11.1 Å². The van der Waals surface area contributed by atoms with Crippen molar-refractivity contribution in [1.82, 2.24) is 15.0 Å². The lowest BCUT2D eigenvalue weighted by molar-refractivity contribution is 0.237. The van der Waals surface area contributed by atoms with E-state index in [2.05, 4.69) is 10.3 Å². The molecule has 1 rings (SSSR count). The standard InChI is InChI=1S/C10H16N4O3S/c1-10(2,3)13-9(15)14-18(16,17)7-5-4-6-12-8(7)11/h4-6H,1-3H3,(H2,11,12)(H2,13,14,15). The van der Waals surface area contributed by atoms with Crippen LogP contribution in [0.15, 0.2) is 23.2 Å². The molecule has 0 aromatic carbocycles. The molecule has 100 valence electrons. The molecule has 18 heavy (non-hydrogen) atoms. The molecule has 8 heteroatoms. The van der Waals surface area contributed by atoms with E-state index < -0.39 is 21.6 Å². The van der Waals surface area contributed by atoms with Crippen molar-refractivity contribution in [2.75, 3.05) is 5.73 Å². The molecule has 0 spiro atoms. The third-order valence-electron chi connectivity index (χ3n) is 1.80. The molecule has 4 N–H and O–H groups in total. The number of hydrogen-bond donors (Lipinski definition) is 3. The number of pyridine rings is 1. The first-order valence-electron chi connectivity index (χ1n) is 5.17. The van der Waals surface area contributed by atoms with Crippen LogP contribution in [0.2, 0.25) is 0 Å². The van der Waals surface area contributed by atoms with Crippen LogP contribution in [0, 0.1) is 0 Å². The summed E-state index contributed by atoms with van der Waals surface area (Å²) in [5.74, 6) is -0.159. The SMILES string of the molecule is CC(C)(C)NC(=O)NS(=O)(=O)c1cccnc1N. The molecular formula is C10H16N4O3S. The monoisotopic (exact) mass is 272 g/mol. The van der Waals surface area contributed by atoms with Gasteiger partial charge in [0.15, 0.2) is 0 Å². The molecule has 0 saturated carbocycles. The summed E-state index contributed by atoms with van der Waals surface area (Å²) in [4.78, 5) is 14.9. The molecule has 1 aromatic heterocycles. The average molecular weight is 272 g/mol. The molecule has 0 fully saturated rings. The summed E-state index contributed by atoms with van der Waals surface area (Å²) >= 11 is 0. The van der Waals surface area contributed by atoms with E-state index >= 15 is 0 Å². The zero-order chi connectivity index (χ0) is 14.0. The Kier molecular flexibility index (Phi) is 3.80. The number of urea groups is 1. The van der Waals surface area contributed by atoms with Crippen molar-refractivity contribution in [2.45, 2.75) is 31.2 Å². The number of amides is 2. The van der Waals surface area contributed by atoms with Crippen molar-refractivity contribution in [3.05, 3.63) is 18.3 Å². The Hall–Kier alpha value is -1.83. The Morgan fingerprint density at radius 3 is 2.50 bits per heavy atom. The van der Waals surface area contributed by atoms with Gasteiger partial charge >= 0.3 is 6.03 Å². The zero-order valence-corrected chi connectivity index (χ0v) is 11.2. The molecule has 0 aliphatic heterocycles. The summed E-state index contributed by atoms with van der Waals surface area (Å²) in [6.07, 6.45) is 1.36. The first-order chi connectivity index (χ1) is 8.12. The highest BCUT2D eigenvalue weighted by molar-refractivity contribution is 7.90. The molecule has 2 amide bonds. The molecule has 0 bridgehead atoms. The summed E-state index contributed by atoms with van der Waals surface area (Å²) in [7, 11) is -4.01. The van der Waals surface area contributed by atoms with E-state index in [9.17, 15) is 13.2 Å². The molecule has 7 nitrogen and oxygen atoms in total. The van der Waals surface area contributed by atoms with Crippen LogP contribution in [-0.2, 0) is 10.0 Å². The summed E-state index contributed by atoms with van der Waals surface area (Å²) < 4.78 is 25.6. The average Bonchev–Trinajstić information content (AvgIpc) is 2.13. The number of sulfonamides is 1. The van der Waals surface area contributed by atoms with Gasteiger partial charge in [-0.3, -0.25) is 0 Å². The van der Waals surface area contributed by atoms with Gasteiger partial charge in [-0.15, -0.1) is 0 Å². The molecule has 1 heterocycles. The summed E-state index contributed by atoms with van der Waals surface area (Å²) in [5.41, 5.74) is 4.91. The van der Waals surface area contributed by atoms with E-state index in [1.165, 1.54) is 18.3 Å². The van der Waals surface area contributed by atoms with Crippen molar-refractivity contribution in [1.29, 1.82) is 0 Å². The second kappa shape index (κ2) is 4.81. The number of nitrogens with one attached hydrogen (secondary N) is 2. The van der Waals surface area contributed by atoms with Gasteiger partial charge in [-0.1, -0.05) is 0 Å². The second-order valence-electron chi connectivity index (χ2n) is 4.70. The predicted molar refractivity (Wildman–Crippen MR) is 67.3 cm³/mol. The molecule has 0 radical (unpaired) electrons. The lowest BCUT2D eigenvalue weighted by Crippen LogP contribution is -2.48. The van der Waals surface area contributed by atoms with E-state index in [0.717, 1.165) is 0 Å². The Morgan fingerprint density at radius 1 is 1.39 bits per heavy atom. The molecule has 0 aliphatic carbocycles. The predicted octanol–water partition coefficient (Wildman–Crippen LogP) is 0.450. The van der Waals surface area contributed by atoms with Gasteiger partial charge in [0.25, 0.3) is 10.0 Å². The minimum absolute atomic E-state index is 0.159. The van der Waals surface area contributed by atoms with Gasteiger partial charge in [0.2, 0.25) is 0 Å². The Bertz CT molecular complexity index is 548. The fourth-order valence-electron chi connectivity index (χ4n) is 1.17. The third-order valence-corrected chi connectivity index (χ3v) is 3.18. The Labute approximate surface area is 106 Å². The number of nitrogens with zero attached hydrogens (tertiary/aromatic N) is 1. The lowest BCUT2D eigenvalue weighted by Gasteiger charge is -2.20. The number of carbonyl (C=O) groups is 1. The minimum Gasteiger partial charge on any atom is -0.383 e. The Balaban J connectivity index is 2.91. The number of aromatic nitrogens is 1. The second-order valence-corrected chi connectivity index (χ2v) is 6.35. The van der Waals surface area contributed by atoms with E-state index in [4.69, 9.17) is 5.73 Å². The fraction of sp³-hybridized carbons (Fsp3) is 0.400. The van der Waals surface area contributed by atoms with Crippen molar-refractivity contribution in [3.63, 3.8) is 0 Å². The van der Waals surface area contributed by atoms with Gasteiger partial charge in [-0.25, -0.2) is 22.9 Å². The highest BCUT2D eigenvalue weighted by Crippen LogP contribution is 2.14. The number of hydrogen-bond acceptors (Lipinski definition) is 5. The van der Waals surface area contributed by atoms with Crippen LogP contribution in [-0.4, -0.2) is 25.0 Å². The van der Waals surface area contributed by atoms with Gasteiger partial charge in [-0.05, 0) is 32.9 Å². The summed E-state index contributed by atoms with van der Waals surface area (Å²) in [6, 6.07) is 1.88. The minimum atomic E-state index is -4.01. The van der Waals surface area contributed by atoms with Gasteiger partial charge in [-0.2, -0.15) is 0 Å². The van der Waals surface area contributed by atoms with Crippen molar-refractivity contribution in [2.24, 2.45) is 0 Å². The van der Waals surface area contributed by atoms with Crippen LogP contribution in [0.25, 0.3) is 0 Å². The largest absolute Gasteiger partial charge is 0.383 e. The maximum Gasteiger partial charge on any atom is 0.329 e. The molecule has 0 aliphatic rings. The Morgan fingerprint density at radius 2 is 2.00 bits per heavy atom. The van der Waals surface area contributed by atoms with E-state index in [1.54, 1.807) is 20.8 Å². The summed E-state index contributed by atoms with van der Waals surface area (Å²) in [5, 5.41) is 2.47. The fourth-order valence-corrected chi connectivity index (χ4v) is 2.16. The van der Waals surface area contributed by atoms with Crippen LogP contribution < -0.4 is 15.8 Å². The molecule has 0 atom stereocenters. The molecule has 0 saturated heterocycles. The zero-order valence-electron chi connectivity index (χ0n) is 10.4. The number of nitrogens with two attached hydrogens (primary N) is 1. The normalized spacial score (nSPS) is 11.9. The topological polar surface area (TPSA) is 114 Å². The van der Waals surface area contributed by atoms with Crippen LogP contribution >= 0.6 is 0 Å². The van der Waals surface area contributed by atoms with E-state index in [-0.39, 0.29) is 10.7 Å². The quantitative estimate of drug-likeness (QED) is 0.723. The highest BCUT2D eigenvalue weighted by atomic mass is 32.2. The van der Waals surface area contributed by atoms with Crippen LogP contribution in [0.5, 0.6) is 0 Å². The first-order valence-corrected chi connectivity index (χ1v) is 6.65. The first kappa shape index (κ1) is 14.2. The van der Waals surface area contributed by atoms with E-state index in [0.29, 0.717) is 0 Å².